The highest BCUT2D eigenvalue weighted by Gasteiger charge is 2.81. The molecule has 0 amide bonds. The van der Waals surface area contributed by atoms with Crippen LogP contribution < -0.4 is 0 Å². The standard InChI is InChI=1S/C12H16F2O3S/c13-12(14,18(15,16)17)6-10-3-7-1-8-2-9(5-10)11(8,10)4-7/h7-9H,1-6H2,(H,15,16,17). The Kier molecular flexibility index (Phi) is 1.79. The highest BCUT2D eigenvalue weighted by atomic mass is 32.2. The predicted octanol–water partition coefficient (Wildman–Crippen LogP) is 2.68. The van der Waals surface area contributed by atoms with Gasteiger partial charge in [-0.15, -0.1) is 0 Å². The van der Waals surface area contributed by atoms with Gasteiger partial charge in [0.15, 0.2) is 0 Å². The summed E-state index contributed by atoms with van der Waals surface area (Å²) in [5.41, 5.74) is -0.478. The van der Waals surface area contributed by atoms with Crippen molar-refractivity contribution in [3.8, 4) is 0 Å². The average molecular weight is 278 g/mol. The van der Waals surface area contributed by atoms with Crippen molar-refractivity contribution in [2.45, 2.75) is 43.8 Å². The quantitative estimate of drug-likeness (QED) is 0.807. The van der Waals surface area contributed by atoms with Gasteiger partial charge in [0.05, 0.1) is 0 Å². The predicted molar refractivity (Wildman–Crippen MR) is 59.5 cm³/mol. The highest BCUT2D eigenvalue weighted by Crippen LogP contribution is 2.88. The molecular weight excluding hydrogens is 262 g/mol. The summed E-state index contributed by atoms with van der Waals surface area (Å²) in [7, 11) is -5.27. The molecule has 5 atom stereocenters. The Morgan fingerprint density at radius 3 is 2.44 bits per heavy atom. The van der Waals surface area contributed by atoms with Crippen LogP contribution in [-0.4, -0.2) is 18.2 Å². The Labute approximate surface area is 105 Å². The van der Waals surface area contributed by atoms with E-state index in [1.165, 1.54) is 0 Å². The molecule has 6 heteroatoms. The van der Waals surface area contributed by atoms with Crippen LogP contribution in [-0.2, 0) is 10.1 Å². The van der Waals surface area contributed by atoms with Gasteiger partial charge in [-0.1, -0.05) is 0 Å². The molecule has 0 radical (unpaired) electrons. The summed E-state index contributed by atoms with van der Waals surface area (Å²) in [5, 5.41) is -3.97. The van der Waals surface area contributed by atoms with Crippen LogP contribution in [0, 0.1) is 28.6 Å². The maximum Gasteiger partial charge on any atom is 0.370 e. The molecular formula is C12H16F2O3S. The lowest BCUT2D eigenvalue weighted by atomic mass is 9.31. The van der Waals surface area contributed by atoms with Crippen LogP contribution in [0.25, 0.3) is 0 Å². The minimum Gasteiger partial charge on any atom is -0.281 e. The van der Waals surface area contributed by atoms with Gasteiger partial charge in [-0.3, -0.25) is 4.55 Å². The Balaban J connectivity index is 1.68. The first-order valence-corrected chi connectivity index (χ1v) is 7.99. The van der Waals surface area contributed by atoms with Crippen molar-refractivity contribution in [1.29, 1.82) is 0 Å². The first-order chi connectivity index (χ1) is 8.20. The molecule has 0 aromatic heterocycles. The van der Waals surface area contributed by atoms with E-state index >= 15 is 0 Å². The average Bonchev–Trinajstić information content (AvgIpc) is 2.62. The molecule has 0 saturated heterocycles. The molecule has 4 aliphatic carbocycles. The van der Waals surface area contributed by atoms with E-state index in [0.717, 1.165) is 32.1 Å². The summed E-state index contributed by atoms with van der Waals surface area (Å²) in [4.78, 5) is 0. The first kappa shape index (κ1) is 11.6. The molecule has 5 unspecified atom stereocenters. The van der Waals surface area contributed by atoms with Gasteiger partial charge >= 0.3 is 15.4 Å². The molecule has 4 rings (SSSR count). The van der Waals surface area contributed by atoms with E-state index in [2.05, 4.69) is 0 Å². The number of hydrogen-bond donors (Lipinski definition) is 1. The number of alkyl halides is 2. The normalized spacial score (nSPS) is 52.7. The van der Waals surface area contributed by atoms with Gasteiger partial charge in [-0.2, -0.15) is 17.2 Å². The second-order valence-corrected chi connectivity index (χ2v) is 8.50. The summed E-state index contributed by atoms with van der Waals surface area (Å²) in [6.45, 7) is 0. The Morgan fingerprint density at radius 2 is 1.89 bits per heavy atom. The van der Waals surface area contributed by atoms with Crippen molar-refractivity contribution in [1.82, 2.24) is 0 Å². The van der Waals surface area contributed by atoms with E-state index < -0.39 is 27.2 Å². The number of halogens is 2. The van der Waals surface area contributed by atoms with Crippen molar-refractivity contribution in [2.75, 3.05) is 0 Å². The maximum atomic E-state index is 13.7. The topological polar surface area (TPSA) is 54.4 Å². The van der Waals surface area contributed by atoms with E-state index in [0.29, 0.717) is 17.8 Å². The van der Waals surface area contributed by atoms with Crippen LogP contribution in [0.1, 0.15) is 38.5 Å². The van der Waals surface area contributed by atoms with Gasteiger partial charge in [0, 0.05) is 6.42 Å². The zero-order chi connectivity index (χ0) is 13.0. The highest BCUT2D eigenvalue weighted by molar-refractivity contribution is 7.86. The molecule has 0 aromatic carbocycles. The SMILES string of the molecule is O=S(=O)(O)C(F)(F)CC12CC3CC4CC(C1)C42C3. The van der Waals surface area contributed by atoms with E-state index in [-0.39, 0.29) is 5.41 Å². The minimum atomic E-state index is -5.27. The molecule has 1 N–H and O–H groups in total. The fraction of sp³-hybridized carbons (Fsp3) is 1.00. The molecule has 2 bridgehead atoms. The first-order valence-electron chi connectivity index (χ1n) is 6.55. The summed E-state index contributed by atoms with van der Waals surface area (Å²) < 4.78 is 57.6. The summed E-state index contributed by atoms with van der Waals surface area (Å²) in [5.74, 6) is 1.61. The van der Waals surface area contributed by atoms with Crippen molar-refractivity contribution in [2.24, 2.45) is 28.6 Å². The second-order valence-electron chi connectivity index (χ2n) is 6.95. The second kappa shape index (κ2) is 2.77. The molecule has 4 saturated carbocycles. The monoisotopic (exact) mass is 278 g/mol. The minimum absolute atomic E-state index is 0.0196. The largest absolute Gasteiger partial charge is 0.370 e. The van der Waals surface area contributed by atoms with Gasteiger partial charge in [0.2, 0.25) is 0 Å². The Bertz CT molecular complexity index is 531. The van der Waals surface area contributed by atoms with Gasteiger partial charge < -0.3 is 0 Å². The summed E-state index contributed by atoms with van der Waals surface area (Å²) in [6, 6.07) is 0. The molecule has 0 aromatic rings. The zero-order valence-electron chi connectivity index (χ0n) is 9.90. The number of hydrogen-bond acceptors (Lipinski definition) is 2. The summed E-state index contributed by atoms with van der Waals surface area (Å²) >= 11 is 0. The zero-order valence-corrected chi connectivity index (χ0v) is 10.7. The Hall–Kier alpha value is -0.230. The number of rotatable bonds is 3. The fourth-order valence-electron chi connectivity index (χ4n) is 6.19. The van der Waals surface area contributed by atoms with E-state index in [9.17, 15) is 17.2 Å². The van der Waals surface area contributed by atoms with Gasteiger partial charge in [-0.25, -0.2) is 0 Å². The van der Waals surface area contributed by atoms with Crippen LogP contribution in [0.15, 0.2) is 0 Å². The lowest BCUT2D eigenvalue weighted by molar-refractivity contribution is -0.260. The van der Waals surface area contributed by atoms with Crippen LogP contribution in [0.4, 0.5) is 8.78 Å². The van der Waals surface area contributed by atoms with E-state index in [1.54, 1.807) is 0 Å². The smallest absolute Gasteiger partial charge is 0.281 e. The lowest BCUT2D eigenvalue weighted by Crippen LogP contribution is -2.67. The fourth-order valence-corrected chi connectivity index (χ4v) is 6.65. The molecule has 4 fully saturated rings. The maximum absolute atomic E-state index is 13.7. The van der Waals surface area contributed by atoms with Crippen molar-refractivity contribution in [3.05, 3.63) is 0 Å². The van der Waals surface area contributed by atoms with Crippen molar-refractivity contribution < 1.29 is 21.8 Å². The van der Waals surface area contributed by atoms with Crippen LogP contribution in [0.2, 0.25) is 0 Å². The third-order valence-corrected chi connectivity index (χ3v) is 7.39. The third kappa shape index (κ3) is 0.996. The molecule has 3 nitrogen and oxygen atoms in total. The molecule has 0 heterocycles. The number of fused-ring (bicyclic) bond motifs is 1. The van der Waals surface area contributed by atoms with Crippen molar-refractivity contribution in [3.63, 3.8) is 0 Å². The molecule has 18 heavy (non-hydrogen) atoms. The van der Waals surface area contributed by atoms with Gasteiger partial charge in [-0.05, 0) is 60.7 Å². The van der Waals surface area contributed by atoms with Crippen LogP contribution in [0.5, 0.6) is 0 Å². The third-order valence-electron chi connectivity index (χ3n) is 6.50. The molecule has 0 aliphatic heterocycles. The van der Waals surface area contributed by atoms with Gasteiger partial charge in [0.25, 0.3) is 0 Å². The van der Waals surface area contributed by atoms with E-state index in [1.807, 2.05) is 0 Å². The van der Waals surface area contributed by atoms with E-state index in [4.69, 9.17) is 4.55 Å². The molecule has 4 aliphatic rings. The molecule has 1 spiro atoms. The molecule has 102 valence electrons. The van der Waals surface area contributed by atoms with Crippen LogP contribution in [0.3, 0.4) is 0 Å². The summed E-state index contributed by atoms with van der Waals surface area (Å²) in [6.07, 6.45) is 4.13. The lowest BCUT2D eigenvalue weighted by Gasteiger charge is -2.73. The van der Waals surface area contributed by atoms with Crippen molar-refractivity contribution >= 4 is 10.1 Å². The van der Waals surface area contributed by atoms with Gasteiger partial charge in [0.1, 0.15) is 0 Å². The van der Waals surface area contributed by atoms with Crippen LogP contribution >= 0.6 is 0 Å². The Morgan fingerprint density at radius 1 is 1.17 bits per heavy atom.